The third-order valence-electron chi connectivity index (χ3n) is 2.14. The van der Waals surface area contributed by atoms with Crippen molar-refractivity contribution in [3.63, 3.8) is 0 Å². The molecule has 2 rings (SSSR count). The number of amidine groups is 1. The smallest absolute Gasteiger partial charge is 0.187 e. The molecule has 7 heteroatoms. The van der Waals surface area contributed by atoms with Crippen LogP contribution in [0.5, 0.6) is 0 Å². The summed E-state index contributed by atoms with van der Waals surface area (Å²) in [6.45, 7) is 0. The number of hydrogen-bond donors (Lipinski definition) is 2. The predicted octanol–water partition coefficient (Wildman–Crippen LogP) is 1.24. The first-order chi connectivity index (χ1) is 8.13. The summed E-state index contributed by atoms with van der Waals surface area (Å²) in [5.41, 5.74) is 5.67. The summed E-state index contributed by atoms with van der Waals surface area (Å²) in [6, 6.07) is 3.79. The summed E-state index contributed by atoms with van der Waals surface area (Å²) < 4.78 is 27.5. The Morgan fingerprint density at radius 3 is 2.88 bits per heavy atom. The van der Waals surface area contributed by atoms with Gasteiger partial charge in [0.25, 0.3) is 0 Å². The third kappa shape index (κ3) is 1.94. The zero-order valence-electron chi connectivity index (χ0n) is 8.51. The standard InChI is InChI=1S/C10H8F2N4O/c11-6-4-7(12)10(14-5-6)16-3-1-2-8(16)9(13)15-17/h1-5,17H,(H2,13,15). The molecule has 0 radical (unpaired) electrons. The fourth-order valence-electron chi connectivity index (χ4n) is 1.41. The van der Waals surface area contributed by atoms with Gasteiger partial charge in [-0.3, -0.25) is 4.57 Å². The summed E-state index contributed by atoms with van der Waals surface area (Å²) >= 11 is 0. The maximum absolute atomic E-state index is 13.5. The number of rotatable bonds is 2. The molecule has 2 aromatic heterocycles. The first-order valence-electron chi connectivity index (χ1n) is 4.60. The largest absolute Gasteiger partial charge is 0.409 e. The molecule has 0 aliphatic rings. The first kappa shape index (κ1) is 11.1. The number of hydrogen-bond acceptors (Lipinski definition) is 3. The Morgan fingerprint density at radius 2 is 2.24 bits per heavy atom. The Balaban J connectivity index is 2.58. The molecule has 0 aliphatic carbocycles. The lowest BCUT2D eigenvalue weighted by Gasteiger charge is -2.07. The van der Waals surface area contributed by atoms with E-state index in [1.54, 1.807) is 6.07 Å². The van der Waals surface area contributed by atoms with Gasteiger partial charge in [0.15, 0.2) is 17.5 Å². The second-order valence-electron chi connectivity index (χ2n) is 3.21. The quantitative estimate of drug-likeness (QED) is 0.357. The number of oxime groups is 1. The van der Waals surface area contributed by atoms with Crippen molar-refractivity contribution in [2.24, 2.45) is 10.9 Å². The van der Waals surface area contributed by atoms with Gasteiger partial charge in [0.1, 0.15) is 5.82 Å². The van der Waals surface area contributed by atoms with Crippen molar-refractivity contribution in [2.75, 3.05) is 0 Å². The molecule has 0 amide bonds. The molecule has 5 nitrogen and oxygen atoms in total. The van der Waals surface area contributed by atoms with Gasteiger partial charge < -0.3 is 10.9 Å². The summed E-state index contributed by atoms with van der Waals surface area (Å²) in [5.74, 6) is -1.93. The molecule has 2 heterocycles. The summed E-state index contributed by atoms with van der Waals surface area (Å²) in [4.78, 5) is 3.62. The van der Waals surface area contributed by atoms with Crippen LogP contribution in [0.1, 0.15) is 5.69 Å². The van der Waals surface area contributed by atoms with Gasteiger partial charge in [0, 0.05) is 12.3 Å². The van der Waals surface area contributed by atoms with Crippen LogP contribution >= 0.6 is 0 Å². The van der Waals surface area contributed by atoms with Crippen LogP contribution in [0.15, 0.2) is 35.7 Å². The van der Waals surface area contributed by atoms with E-state index in [1.807, 2.05) is 0 Å². The van der Waals surface area contributed by atoms with E-state index in [-0.39, 0.29) is 17.3 Å². The average molecular weight is 238 g/mol. The average Bonchev–Trinajstić information content (AvgIpc) is 2.77. The Labute approximate surface area is 94.8 Å². The van der Waals surface area contributed by atoms with Gasteiger partial charge in [-0.15, -0.1) is 0 Å². The van der Waals surface area contributed by atoms with E-state index in [0.717, 1.165) is 6.20 Å². The molecule has 88 valence electrons. The summed E-state index contributed by atoms with van der Waals surface area (Å²) in [7, 11) is 0. The van der Waals surface area contributed by atoms with Crippen LogP contribution in [-0.2, 0) is 0 Å². The highest BCUT2D eigenvalue weighted by Gasteiger charge is 2.13. The van der Waals surface area contributed by atoms with Gasteiger partial charge in [-0.25, -0.2) is 13.8 Å². The highest BCUT2D eigenvalue weighted by atomic mass is 19.1. The Kier molecular flexibility index (Phi) is 2.73. The molecule has 0 aliphatic heterocycles. The topological polar surface area (TPSA) is 76.4 Å². The van der Waals surface area contributed by atoms with Gasteiger partial charge in [0.05, 0.1) is 11.9 Å². The maximum atomic E-state index is 13.5. The number of nitrogens with zero attached hydrogens (tertiary/aromatic N) is 3. The normalized spacial score (nSPS) is 11.8. The van der Waals surface area contributed by atoms with E-state index >= 15 is 0 Å². The van der Waals surface area contributed by atoms with Crippen LogP contribution in [0.25, 0.3) is 5.82 Å². The summed E-state index contributed by atoms with van der Waals surface area (Å²) in [5, 5.41) is 11.4. The molecule has 0 saturated carbocycles. The van der Waals surface area contributed by atoms with Crippen molar-refractivity contribution in [2.45, 2.75) is 0 Å². The second-order valence-corrected chi connectivity index (χ2v) is 3.21. The lowest BCUT2D eigenvalue weighted by molar-refractivity contribution is 0.318. The van der Waals surface area contributed by atoms with Crippen LogP contribution in [-0.4, -0.2) is 20.6 Å². The van der Waals surface area contributed by atoms with Crippen LogP contribution < -0.4 is 5.73 Å². The summed E-state index contributed by atoms with van der Waals surface area (Å²) in [6.07, 6.45) is 2.35. The molecule has 17 heavy (non-hydrogen) atoms. The minimum Gasteiger partial charge on any atom is -0.409 e. The molecule has 0 aromatic carbocycles. The van der Waals surface area contributed by atoms with Crippen molar-refractivity contribution in [3.05, 3.63) is 47.9 Å². The monoisotopic (exact) mass is 238 g/mol. The van der Waals surface area contributed by atoms with E-state index in [0.29, 0.717) is 6.07 Å². The van der Waals surface area contributed by atoms with E-state index in [4.69, 9.17) is 10.9 Å². The molecule has 0 saturated heterocycles. The molecule has 0 spiro atoms. The zero-order chi connectivity index (χ0) is 12.4. The first-order valence-corrected chi connectivity index (χ1v) is 4.60. The fraction of sp³-hybridized carbons (Fsp3) is 0. The van der Waals surface area contributed by atoms with Crippen molar-refractivity contribution >= 4 is 5.84 Å². The van der Waals surface area contributed by atoms with Gasteiger partial charge in [-0.1, -0.05) is 5.16 Å². The zero-order valence-corrected chi connectivity index (χ0v) is 8.51. The molecular formula is C10H8F2N4O. The van der Waals surface area contributed by atoms with E-state index in [9.17, 15) is 8.78 Å². The molecule has 0 bridgehead atoms. The van der Waals surface area contributed by atoms with E-state index < -0.39 is 11.6 Å². The van der Waals surface area contributed by atoms with Gasteiger partial charge in [-0.2, -0.15) is 0 Å². The number of pyridine rings is 1. The molecular weight excluding hydrogens is 230 g/mol. The number of nitrogens with two attached hydrogens (primary N) is 1. The molecule has 0 unspecified atom stereocenters. The van der Waals surface area contributed by atoms with Crippen LogP contribution in [0.4, 0.5) is 8.78 Å². The molecule has 2 aromatic rings. The SMILES string of the molecule is N/C(=N/O)c1cccn1-c1ncc(F)cc1F. The fourth-order valence-corrected chi connectivity index (χ4v) is 1.41. The number of halogens is 2. The Bertz CT molecular complexity index is 579. The molecule has 3 N–H and O–H groups in total. The third-order valence-corrected chi connectivity index (χ3v) is 2.14. The van der Waals surface area contributed by atoms with Crippen LogP contribution in [0.2, 0.25) is 0 Å². The number of aromatic nitrogens is 2. The van der Waals surface area contributed by atoms with Gasteiger partial charge in [-0.05, 0) is 12.1 Å². The lowest BCUT2D eigenvalue weighted by Crippen LogP contribution is -2.18. The van der Waals surface area contributed by atoms with Gasteiger partial charge in [0.2, 0.25) is 0 Å². The minimum atomic E-state index is -0.840. The van der Waals surface area contributed by atoms with Crippen molar-refractivity contribution in [3.8, 4) is 5.82 Å². The maximum Gasteiger partial charge on any atom is 0.187 e. The minimum absolute atomic E-state index is 0.127. The van der Waals surface area contributed by atoms with Crippen molar-refractivity contribution in [1.82, 2.24) is 9.55 Å². The van der Waals surface area contributed by atoms with Crippen molar-refractivity contribution in [1.29, 1.82) is 0 Å². The highest BCUT2D eigenvalue weighted by molar-refractivity contribution is 5.96. The Morgan fingerprint density at radius 1 is 1.47 bits per heavy atom. The van der Waals surface area contributed by atoms with Gasteiger partial charge >= 0.3 is 0 Å². The second kappa shape index (κ2) is 4.20. The predicted molar refractivity (Wildman–Crippen MR) is 56.0 cm³/mol. The lowest BCUT2D eigenvalue weighted by atomic mass is 10.3. The molecule has 0 fully saturated rings. The highest BCUT2D eigenvalue weighted by Crippen LogP contribution is 2.14. The Hall–Kier alpha value is -2.44. The van der Waals surface area contributed by atoms with E-state index in [2.05, 4.69) is 10.1 Å². The van der Waals surface area contributed by atoms with E-state index in [1.165, 1.54) is 16.8 Å². The van der Waals surface area contributed by atoms with Crippen LogP contribution in [0.3, 0.4) is 0 Å². The van der Waals surface area contributed by atoms with Crippen molar-refractivity contribution < 1.29 is 14.0 Å². The van der Waals surface area contributed by atoms with Crippen LogP contribution in [0, 0.1) is 11.6 Å². The molecule has 0 atom stereocenters.